The van der Waals surface area contributed by atoms with Gasteiger partial charge < -0.3 is 9.80 Å². The Balaban J connectivity index is 1.57. The van der Waals surface area contributed by atoms with E-state index in [0.29, 0.717) is 12.1 Å². The number of benzene rings is 1. The molecule has 5 heteroatoms. The number of nitrogens with one attached hydrogen (secondary N) is 2. The van der Waals surface area contributed by atoms with E-state index >= 15 is 0 Å². The Labute approximate surface area is 136 Å². The molecule has 0 aliphatic carbocycles. The second-order valence-electron chi connectivity index (χ2n) is 7.07. The van der Waals surface area contributed by atoms with E-state index in [2.05, 4.69) is 0 Å². The van der Waals surface area contributed by atoms with Gasteiger partial charge >= 0.3 is 6.18 Å². The van der Waals surface area contributed by atoms with E-state index in [1.807, 2.05) is 0 Å². The molecule has 1 aromatic carbocycles. The molecule has 1 aromatic rings. The van der Waals surface area contributed by atoms with E-state index < -0.39 is 11.7 Å². The molecule has 2 nitrogen and oxygen atoms in total. The van der Waals surface area contributed by atoms with Crippen LogP contribution in [0.25, 0.3) is 0 Å². The average Bonchev–Trinajstić information content (AvgIpc) is 2.56. The van der Waals surface area contributed by atoms with Crippen molar-refractivity contribution in [2.75, 3.05) is 26.2 Å². The van der Waals surface area contributed by atoms with Crippen LogP contribution in [0.15, 0.2) is 24.3 Å². The molecule has 2 aliphatic rings. The third-order valence-electron chi connectivity index (χ3n) is 5.53. The summed E-state index contributed by atoms with van der Waals surface area (Å²) in [5, 5.41) is 0. The summed E-state index contributed by atoms with van der Waals surface area (Å²) in [5.41, 5.74) is -0.0185. The van der Waals surface area contributed by atoms with Gasteiger partial charge in [0.25, 0.3) is 0 Å². The number of piperidine rings is 2. The molecular weight excluding hydrogens is 301 g/mol. The largest absolute Gasteiger partial charge is 0.416 e. The zero-order chi connectivity index (χ0) is 16.3. The molecule has 128 valence electrons. The van der Waals surface area contributed by atoms with E-state index in [1.165, 1.54) is 49.4 Å². The van der Waals surface area contributed by atoms with Crippen LogP contribution >= 0.6 is 0 Å². The minimum atomic E-state index is -4.24. The van der Waals surface area contributed by atoms with Gasteiger partial charge in [-0.1, -0.05) is 18.2 Å². The molecule has 3 rings (SSSR count). The summed E-state index contributed by atoms with van der Waals surface area (Å²) in [4.78, 5) is 3.04. The molecule has 0 bridgehead atoms. The predicted octanol–water partition coefficient (Wildman–Crippen LogP) is 1.32. The van der Waals surface area contributed by atoms with Gasteiger partial charge in [-0.25, -0.2) is 0 Å². The van der Waals surface area contributed by atoms with Crippen molar-refractivity contribution in [1.29, 1.82) is 0 Å². The maximum Gasteiger partial charge on any atom is 0.416 e. The normalized spacial score (nSPS) is 27.1. The Bertz CT molecular complexity index is 501. The van der Waals surface area contributed by atoms with Crippen LogP contribution < -0.4 is 9.80 Å². The Morgan fingerprint density at radius 3 is 2.22 bits per heavy atom. The first kappa shape index (κ1) is 16.8. The predicted molar refractivity (Wildman–Crippen MR) is 83.4 cm³/mol. The zero-order valence-corrected chi connectivity index (χ0v) is 13.6. The Kier molecular flexibility index (Phi) is 5.27. The maximum atomic E-state index is 13.1. The number of hydrogen-bond donors (Lipinski definition) is 2. The van der Waals surface area contributed by atoms with E-state index in [-0.39, 0.29) is 0 Å². The van der Waals surface area contributed by atoms with Crippen molar-refractivity contribution in [3.05, 3.63) is 35.4 Å². The third kappa shape index (κ3) is 4.27. The summed E-state index contributed by atoms with van der Waals surface area (Å²) in [5.74, 6) is 0. The average molecular weight is 328 g/mol. The van der Waals surface area contributed by atoms with Crippen LogP contribution in [0.5, 0.6) is 0 Å². The monoisotopic (exact) mass is 328 g/mol. The Morgan fingerprint density at radius 2 is 1.57 bits per heavy atom. The molecule has 0 atom stereocenters. The molecule has 2 heterocycles. The van der Waals surface area contributed by atoms with Crippen LogP contribution in [-0.4, -0.2) is 32.2 Å². The van der Waals surface area contributed by atoms with E-state index in [0.717, 1.165) is 32.0 Å². The molecule has 0 spiro atoms. The molecule has 2 aliphatic heterocycles. The summed E-state index contributed by atoms with van der Waals surface area (Å²) < 4.78 is 39.3. The minimum Gasteiger partial charge on any atom is -0.332 e. The number of hydrogen-bond acceptors (Lipinski definition) is 0. The smallest absolute Gasteiger partial charge is 0.332 e. The highest BCUT2D eigenvalue weighted by Gasteiger charge is 2.35. The van der Waals surface area contributed by atoms with Crippen molar-refractivity contribution in [1.82, 2.24) is 0 Å². The highest BCUT2D eigenvalue weighted by atomic mass is 19.4. The standard InChI is InChI=1S/C18H25F3N2/c19-18(20,21)17-7-3-2-6-15(17)14-22-12-8-16(9-13-22)23-10-4-1-5-11-23/h2-3,6-7,16H,1,4-5,8-14H2/p+2. The van der Waals surface area contributed by atoms with Crippen molar-refractivity contribution >= 4 is 0 Å². The van der Waals surface area contributed by atoms with Gasteiger partial charge in [-0.05, 0) is 25.3 Å². The molecule has 2 fully saturated rings. The Morgan fingerprint density at radius 1 is 0.913 bits per heavy atom. The van der Waals surface area contributed by atoms with Gasteiger partial charge in [-0.15, -0.1) is 0 Å². The maximum absolute atomic E-state index is 13.1. The van der Waals surface area contributed by atoms with Crippen molar-refractivity contribution in [3.63, 3.8) is 0 Å². The molecule has 0 unspecified atom stereocenters. The topological polar surface area (TPSA) is 8.88 Å². The SMILES string of the molecule is FC(F)(F)c1ccccc1C[NH+]1CCC([NH+]2CCCCC2)CC1. The first-order chi connectivity index (χ1) is 11.0. The van der Waals surface area contributed by atoms with Gasteiger partial charge in [0, 0.05) is 18.4 Å². The lowest BCUT2D eigenvalue weighted by Crippen LogP contribution is -3.20. The highest BCUT2D eigenvalue weighted by Crippen LogP contribution is 2.31. The zero-order valence-electron chi connectivity index (χ0n) is 13.6. The fraction of sp³-hybridized carbons (Fsp3) is 0.667. The molecule has 2 N–H and O–H groups in total. The lowest BCUT2D eigenvalue weighted by Gasteiger charge is -2.36. The van der Waals surface area contributed by atoms with Crippen molar-refractivity contribution in [2.45, 2.75) is 50.9 Å². The summed E-state index contributed by atoms with van der Waals surface area (Å²) in [7, 11) is 0. The van der Waals surface area contributed by atoms with Crippen LogP contribution in [0.4, 0.5) is 13.2 Å². The lowest BCUT2D eigenvalue weighted by atomic mass is 9.99. The van der Waals surface area contributed by atoms with Crippen LogP contribution in [-0.2, 0) is 12.7 Å². The summed E-state index contributed by atoms with van der Waals surface area (Å²) in [6, 6.07) is 6.77. The van der Waals surface area contributed by atoms with Gasteiger partial charge in [0.05, 0.1) is 37.8 Å². The van der Waals surface area contributed by atoms with Gasteiger partial charge in [-0.2, -0.15) is 13.2 Å². The van der Waals surface area contributed by atoms with Crippen molar-refractivity contribution in [2.24, 2.45) is 0 Å². The number of likely N-dealkylation sites (tertiary alicyclic amines) is 2. The molecule has 0 amide bonds. The van der Waals surface area contributed by atoms with Gasteiger partial charge in [0.1, 0.15) is 6.54 Å². The van der Waals surface area contributed by atoms with E-state index in [4.69, 9.17) is 0 Å². The molecule has 0 radical (unpaired) electrons. The fourth-order valence-corrected chi connectivity index (χ4v) is 4.25. The summed E-state index contributed by atoms with van der Waals surface area (Å²) in [6.45, 7) is 5.08. The number of quaternary nitrogens is 2. The van der Waals surface area contributed by atoms with Crippen molar-refractivity contribution < 1.29 is 23.0 Å². The first-order valence-electron chi connectivity index (χ1n) is 8.87. The second-order valence-corrected chi connectivity index (χ2v) is 7.07. The molecule has 2 saturated heterocycles. The summed E-state index contributed by atoms with van der Waals surface area (Å²) in [6.07, 6.45) is 2.09. The summed E-state index contributed by atoms with van der Waals surface area (Å²) >= 11 is 0. The first-order valence-corrected chi connectivity index (χ1v) is 8.87. The van der Waals surface area contributed by atoms with Gasteiger partial charge in [0.15, 0.2) is 0 Å². The molecule has 0 aromatic heterocycles. The quantitative estimate of drug-likeness (QED) is 0.828. The second kappa shape index (κ2) is 7.22. The van der Waals surface area contributed by atoms with Gasteiger partial charge in [0.2, 0.25) is 0 Å². The van der Waals surface area contributed by atoms with E-state index in [1.54, 1.807) is 17.0 Å². The number of halogens is 3. The van der Waals surface area contributed by atoms with Crippen LogP contribution in [0, 0.1) is 0 Å². The van der Waals surface area contributed by atoms with Crippen LogP contribution in [0.2, 0.25) is 0 Å². The highest BCUT2D eigenvalue weighted by molar-refractivity contribution is 5.28. The number of rotatable bonds is 3. The molecule has 0 saturated carbocycles. The van der Waals surface area contributed by atoms with Crippen molar-refractivity contribution in [3.8, 4) is 0 Å². The van der Waals surface area contributed by atoms with Crippen LogP contribution in [0.1, 0.15) is 43.2 Å². The third-order valence-corrected chi connectivity index (χ3v) is 5.53. The van der Waals surface area contributed by atoms with Crippen LogP contribution in [0.3, 0.4) is 0 Å². The molecule has 23 heavy (non-hydrogen) atoms. The van der Waals surface area contributed by atoms with E-state index in [9.17, 15) is 13.2 Å². The lowest BCUT2D eigenvalue weighted by molar-refractivity contribution is -0.965. The molecular formula is C18H27F3N2+2. The van der Waals surface area contributed by atoms with Gasteiger partial charge in [-0.3, -0.25) is 0 Å². The minimum absolute atomic E-state index is 0.443. The number of alkyl halides is 3. The fourth-order valence-electron chi connectivity index (χ4n) is 4.25. The Hall–Kier alpha value is -1.07.